The van der Waals surface area contributed by atoms with Crippen LogP contribution in [0.1, 0.15) is 40.5 Å². The fourth-order valence-corrected chi connectivity index (χ4v) is 1.67. The third-order valence-corrected chi connectivity index (χ3v) is 3.05. The maximum Gasteiger partial charge on any atom is 0.227 e. The van der Waals surface area contributed by atoms with Crippen molar-refractivity contribution in [2.24, 2.45) is 5.92 Å². The molecule has 0 bridgehead atoms. The van der Waals surface area contributed by atoms with E-state index in [1.165, 1.54) is 4.90 Å². The van der Waals surface area contributed by atoms with E-state index in [0.29, 0.717) is 0 Å². The molecule has 2 nitrogen and oxygen atoms in total. The molecule has 2 rings (SSSR count). The van der Waals surface area contributed by atoms with Crippen molar-refractivity contribution in [2.45, 2.75) is 45.4 Å². The molecule has 1 fully saturated rings. The molecule has 0 radical (unpaired) electrons. The van der Waals surface area contributed by atoms with Crippen molar-refractivity contribution in [3.8, 4) is 0 Å². The van der Waals surface area contributed by atoms with Crippen molar-refractivity contribution >= 4 is 23.4 Å². The summed E-state index contributed by atoms with van der Waals surface area (Å²) in [5, 5.41) is 2.91. The molecule has 18 heavy (non-hydrogen) atoms. The van der Waals surface area contributed by atoms with Gasteiger partial charge in [-0.15, -0.1) is 11.8 Å². The third kappa shape index (κ3) is 6.10. The summed E-state index contributed by atoms with van der Waals surface area (Å²) in [7, 11) is 0. The average molecular weight is 267 g/mol. The standard InChI is InChI=1S/C11H13NOS.2C2H6/c1-14-10-6-4-9(5-7-10)12-11(13)8-2-3-8;2*1-2/h4-8H,2-3H2,1H3,(H,12,13);2*1-2H3. The van der Waals surface area contributed by atoms with E-state index in [0.717, 1.165) is 18.5 Å². The van der Waals surface area contributed by atoms with Crippen LogP contribution in [0.25, 0.3) is 0 Å². The Kier molecular flexibility index (Phi) is 9.47. The van der Waals surface area contributed by atoms with E-state index in [1.54, 1.807) is 11.8 Å². The minimum Gasteiger partial charge on any atom is -0.326 e. The highest BCUT2D eigenvalue weighted by atomic mass is 32.2. The molecule has 0 aliphatic heterocycles. The van der Waals surface area contributed by atoms with Crippen LogP contribution in [0, 0.1) is 5.92 Å². The maximum absolute atomic E-state index is 11.4. The lowest BCUT2D eigenvalue weighted by atomic mass is 10.3. The number of nitrogens with one attached hydrogen (secondary N) is 1. The second-order valence-corrected chi connectivity index (χ2v) is 4.37. The molecule has 1 amide bonds. The fraction of sp³-hybridized carbons (Fsp3) is 0.533. The smallest absolute Gasteiger partial charge is 0.227 e. The highest BCUT2D eigenvalue weighted by Crippen LogP contribution is 2.30. The van der Waals surface area contributed by atoms with Crippen LogP contribution in [-0.2, 0) is 4.79 Å². The summed E-state index contributed by atoms with van der Waals surface area (Å²) < 4.78 is 0. The Balaban J connectivity index is 0.000000659. The maximum atomic E-state index is 11.4. The van der Waals surface area contributed by atoms with Gasteiger partial charge in [-0.25, -0.2) is 0 Å². The molecule has 1 aromatic carbocycles. The summed E-state index contributed by atoms with van der Waals surface area (Å²) in [6.07, 6.45) is 4.14. The second-order valence-electron chi connectivity index (χ2n) is 3.49. The summed E-state index contributed by atoms with van der Waals surface area (Å²) in [5.41, 5.74) is 0.903. The van der Waals surface area contributed by atoms with Crippen molar-refractivity contribution in [3.63, 3.8) is 0 Å². The van der Waals surface area contributed by atoms with E-state index in [2.05, 4.69) is 5.32 Å². The number of hydrogen-bond donors (Lipinski definition) is 1. The predicted molar refractivity (Wildman–Crippen MR) is 82.3 cm³/mol. The number of amides is 1. The highest BCUT2D eigenvalue weighted by molar-refractivity contribution is 7.98. The molecule has 0 saturated heterocycles. The van der Waals surface area contributed by atoms with Gasteiger partial charge in [0.05, 0.1) is 0 Å². The molecule has 0 atom stereocenters. The van der Waals surface area contributed by atoms with Crippen molar-refractivity contribution in [1.29, 1.82) is 0 Å². The summed E-state index contributed by atoms with van der Waals surface area (Å²) in [6.45, 7) is 8.00. The number of thioether (sulfide) groups is 1. The first kappa shape index (κ1) is 17.0. The molecule has 1 aromatic rings. The van der Waals surface area contributed by atoms with E-state index >= 15 is 0 Å². The summed E-state index contributed by atoms with van der Waals surface area (Å²) in [5.74, 6) is 0.442. The van der Waals surface area contributed by atoms with Gasteiger partial charge in [-0.2, -0.15) is 0 Å². The van der Waals surface area contributed by atoms with Gasteiger partial charge in [0.1, 0.15) is 0 Å². The first-order valence-corrected chi connectivity index (χ1v) is 7.97. The minimum atomic E-state index is 0.168. The van der Waals surface area contributed by atoms with Gasteiger partial charge >= 0.3 is 0 Å². The lowest BCUT2D eigenvalue weighted by Crippen LogP contribution is -2.12. The zero-order valence-corrected chi connectivity index (χ0v) is 12.9. The van der Waals surface area contributed by atoms with Gasteiger partial charge in [-0.1, -0.05) is 27.7 Å². The number of carbonyl (C=O) groups is 1. The van der Waals surface area contributed by atoms with Crippen molar-refractivity contribution in [3.05, 3.63) is 24.3 Å². The zero-order valence-electron chi connectivity index (χ0n) is 12.1. The molecule has 0 aromatic heterocycles. The highest BCUT2D eigenvalue weighted by Gasteiger charge is 2.29. The van der Waals surface area contributed by atoms with Gasteiger partial charge in [-0.3, -0.25) is 4.79 Å². The molecule has 1 aliphatic rings. The number of anilines is 1. The van der Waals surface area contributed by atoms with E-state index < -0.39 is 0 Å². The van der Waals surface area contributed by atoms with E-state index in [-0.39, 0.29) is 11.8 Å². The SMILES string of the molecule is CC.CC.CSc1ccc(NC(=O)C2CC2)cc1. The Morgan fingerprint density at radius 3 is 2.00 bits per heavy atom. The zero-order chi connectivity index (χ0) is 14.0. The first-order valence-electron chi connectivity index (χ1n) is 6.74. The molecule has 1 N–H and O–H groups in total. The molecule has 3 heteroatoms. The largest absolute Gasteiger partial charge is 0.326 e. The Labute approximate surface area is 116 Å². The summed E-state index contributed by atoms with van der Waals surface area (Å²) in [4.78, 5) is 12.6. The van der Waals surface area contributed by atoms with Gasteiger partial charge in [0, 0.05) is 16.5 Å². The minimum absolute atomic E-state index is 0.168. The van der Waals surface area contributed by atoms with E-state index in [9.17, 15) is 4.79 Å². The summed E-state index contributed by atoms with van der Waals surface area (Å²) in [6, 6.07) is 7.94. The van der Waals surface area contributed by atoms with Gasteiger partial charge in [0.15, 0.2) is 0 Å². The van der Waals surface area contributed by atoms with Crippen molar-refractivity contribution < 1.29 is 4.79 Å². The van der Waals surface area contributed by atoms with Crippen LogP contribution in [0.4, 0.5) is 5.69 Å². The lowest BCUT2D eigenvalue weighted by Gasteiger charge is -2.04. The predicted octanol–water partition coefficient (Wildman–Crippen LogP) is 4.81. The van der Waals surface area contributed by atoms with Crippen LogP contribution in [0.15, 0.2) is 29.2 Å². The van der Waals surface area contributed by atoms with Crippen LogP contribution >= 0.6 is 11.8 Å². The molecule has 1 saturated carbocycles. The quantitative estimate of drug-likeness (QED) is 0.796. The molecule has 1 aliphatic carbocycles. The second kappa shape index (κ2) is 10.0. The van der Waals surface area contributed by atoms with Gasteiger partial charge < -0.3 is 5.32 Å². The van der Waals surface area contributed by atoms with Gasteiger partial charge in [0.25, 0.3) is 0 Å². The number of hydrogen-bond acceptors (Lipinski definition) is 2. The Bertz CT molecular complexity index is 331. The molecule has 0 spiro atoms. The molecule has 0 unspecified atom stereocenters. The molecule has 102 valence electrons. The van der Waals surface area contributed by atoms with Gasteiger partial charge in [0.2, 0.25) is 5.91 Å². The molecular formula is C15H25NOS. The number of rotatable bonds is 3. The monoisotopic (exact) mass is 267 g/mol. The average Bonchev–Trinajstić information content (AvgIpc) is 3.29. The van der Waals surface area contributed by atoms with Gasteiger partial charge in [-0.05, 0) is 43.4 Å². The Morgan fingerprint density at radius 1 is 1.11 bits per heavy atom. The van der Waals surface area contributed by atoms with Crippen LogP contribution in [0.2, 0.25) is 0 Å². The topological polar surface area (TPSA) is 29.1 Å². The van der Waals surface area contributed by atoms with Crippen molar-refractivity contribution in [1.82, 2.24) is 0 Å². The number of benzene rings is 1. The Hall–Kier alpha value is -0.960. The lowest BCUT2D eigenvalue weighted by molar-refractivity contribution is -0.117. The van der Waals surface area contributed by atoms with E-state index in [1.807, 2.05) is 58.2 Å². The summed E-state index contributed by atoms with van der Waals surface area (Å²) >= 11 is 1.70. The number of carbonyl (C=O) groups excluding carboxylic acids is 1. The van der Waals surface area contributed by atoms with Crippen LogP contribution in [0.5, 0.6) is 0 Å². The van der Waals surface area contributed by atoms with Crippen LogP contribution < -0.4 is 5.32 Å². The fourth-order valence-electron chi connectivity index (χ4n) is 1.26. The normalized spacial score (nSPS) is 12.5. The van der Waals surface area contributed by atoms with Crippen molar-refractivity contribution in [2.75, 3.05) is 11.6 Å². The first-order chi connectivity index (χ1) is 8.79. The third-order valence-electron chi connectivity index (χ3n) is 2.31. The van der Waals surface area contributed by atoms with Crippen LogP contribution in [-0.4, -0.2) is 12.2 Å². The van der Waals surface area contributed by atoms with E-state index in [4.69, 9.17) is 0 Å². The van der Waals surface area contributed by atoms with Crippen LogP contribution in [0.3, 0.4) is 0 Å². The molecule has 0 heterocycles. The molecular weight excluding hydrogens is 242 g/mol. The Morgan fingerprint density at radius 2 is 1.61 bits per heavy atom.